The van der Waals surface area contributed by atoms with Gasteiger partial charge in [0.05, 0.1) is 5.69 Å². The molecule has 0 spiro atoms. The first-order valence-electron chi connectivity index (χ1n) is 5.53. The maximum Gasteiger partial charge on any atom is 0.234 e. The van der Waals surface area contributed by atoms with Gasteiger partial charge in [0.1, 0.15) is 0 Å². The second-order valence-corrected chi connectivity index (χ2v) is 5.43. The van der Waals surface area contributed by atoms with Crippen molar-refractivity contribution in [2.75, 3.05) is 11.4 Å². The van der Waals surface area contributed by atoms with E-state index in [4.69, 9.17) is 4.52 Å². The van der Waals surface area contributed by atoms with Crippen molar-refractivity contribution >= 4 is 28.7 Å². The number of amides is 1. The fourth-order valence-corrected chi connectivity index (χ4v) is 2.71. The highest BCUT2D eigenvalue weighted by atomic mass is 32.2. The molecule has 1 aromatic rings. The van der Waals surface area contributed by atoms with E-state index in [9.17, 15) is 9.59 Å². The first kappa shape index (κ1) is 12.2. The van der Waals surface area contributed by atoms with Crippen LogP contribution in [0.1, 0.15) is 26.0 Å². The van der Waals surface area contributed by atoms with Crippen LogP contribution in [0.5, 0.6) is 0 Å². The number of hydrogen-bond donors (Lipinski definition) is 0. The molecule has 6 heteroatoms. The Bertz CT molecular complexity index is 444. The van der Waals surface area contributed by atoms with Gasteiger partial charge in [0.25, 0.3) is 0 Å². The molecule has 0 N–H and O–H groups in total. The van der Waals surface area contributed by atoms with Gasteiger partial charge in [-0.1, -0.05) is 23.8 Å². The average Bonchev–Trinajstić information content (AvgIpc) is 2.83. The molecule has 1 saturated heterocycles. The van der Waals surface area contributed by atoms with E-state index in [0.29, 0.717) is 18.8 Å². The van der Waals surface area contributed by atoms with Crippen molar-refractivity contribution in [2.24, 2.45) is 0 Å². The topological polar surface area (TPSA) is 63.4 Å². The average molecular weight is 254 g/mol. The number of thioether (sulfide) groups is 1. The van der Waals surface area contributed by atoms with Crippen LogP contribution >= 0.6 is 11.8 Å². The Kier molecular flexibility index (Phi) is 3.51. The predicted octanol–water partition coefficient (Wildman–Crippen LogP) is 1.62. The van der Waals surface area contributed by atoms with Crippen LogP contribution < -0.4 is 4.90 Å². The van der Waals surface area contributed by atoms with Gasteiger partial charge < -0.3 is 4.52 Å². The zero-order valence-corrected chi connectivity index (χ0v) is 10.6. The van der Waals surface area contributed by atoms with Crippen LogP contribution in [0.2, 0.25) is 0 Å². The summed E-state index contributed by atoms with van der Waals surface area (Å²) in [6.07, 6.45) is 1.16. The van der Waals surface area contributed by atoms with Crippen molar-refractivity contribution in [1.29, 1.82) is 0 Å². The maximum atomic E-state index is 11.8. The zero-order chi connectivity index (χ0) is 12.4. The lowest BCUT2D eigenvalue weighted by Crippen LogP contribution is -2.24. The molecule has 92 valence electrons. The Morgan fingerprint density at radius 1 is 1.71 bits per heavy atom. The van der Waals surface area contributed by atoms with Gasteiger partial charge in [0.2, 0.25) is 11.8 Å². The number of carbonyl (C=O) groups is 2. The molecule has 1 aromatic heterocycles. The number of hydrogen-bond acceptors (Lipinski definition) is 5. The molecule has 5 nitrogen and oxygen atoms in total. The zero-order valence-electron chi connectivity index (χ0n) is 9.80. The van der Waals surface area contributed by atoms with Crippen LogP contribution in [0.25, 0.3) is 0 Å². The molecule has 1 aliphatic heterocycles. The third-order valence-electron chi connectivity index (χ3n) is 2.60. The number of carbonyl (C=O) groups excluding carboxylic acids is 2. The van der Waals surface area contributed by atoms with Crippen LogP contribution in [0.3, 0.4) is 0 Å². The predicted molar refractivity (Wildman–Crippen MR) is 64.9 cm³/mol. The Morgan fingerprint density at radius 3 is 3.06 bits per heavy atom. The first-order valence-corrected chi connectivity index (χ1v) is 6.41. The van der Waals surface area contributed by atoms with Gasteiger partial charge in [-0.05, 0) is 6.42 Å². The normalized spacial score (nSPS) is 20.0. The Balaban J connectivity index is 2.07. The molecule has 0 saturated carbocycles. The van der Waals surface area contributed by atoms with E-state index in [0.717, 1.165) is 12.1 Å². The fraction of sp³-hybridized carbons (Fsp3) is 0.545. The summed E-state index contributed by atoms with van der Waals surface area (Å²) in [6.45, 7) is 4.00. The second kappa shape index (κ2) is 4.91. The van der Waals surface area contributed by atoms with Crippen molar-refractivity contribution in [1.82, 2.24) is 5.16 Å². The minimum atomic E-state index is -0.0115. The lowest BCUT2D eigenvalue weighted by molar-refractivity contribution is -0.117. The molecule has 1 fully saturated rings. The SMILES string of the molecule is CCc1cc(N2CC(SC(C)=O)CC2=O)on1. The molecule has 17 heavy (non-hydrogen) atoms. The Morgan fingerprint density at radius 2 is 2.47 bits per heavy atom. The minimum absolute atomic E-state index is 0.0115. The standard InChI is InChI=1S/C11H14N2O3S/c1-3-8-4-11(16-12-8)13-6-9(5-10(13)15)17-7(2)14/h4,9H,3,5-6H2,1-2H3. The highest BCUT2D eigenvalue weighted by Gasteiger charge is 2.33. The molecule has 0 bridgehead atoms. The third kappa shape index (κ3) is 2.69. The highest BCUT2D eigenvalue weighted by molar-refractivity contribution is 8.14. The fourth-order valence-electron chi connectivity index (χ4n) is 1.80. The highest BCUT2D eigenvalue weighted by Crippen LogP contribution is 2.28. The molecule has 0 aromatic carbocycles. The molecule has 0 radical (unpaired) electrons. The molecule has 1 aliphatic rings. The molecule has 2 rings (SSSR count). The summed E-state index contributed by atoms with van der Waals surface area (Å²) < 4.78 is 5.12. The summed E-state index contributed by atoms with van der Waals surface area (Å²) in [5, 5.41) is 3.92. The molecule has 0 aliphatic carbocycles. The number of anilines is 1. The molecule has 1 amide bonds. The summed E-state index contributed by atoms with van der Waals surface area (Å²) in [5.74, 6) is 0.473. The van der Waals surface area contributed by atoms with E-state index in [2.05, 4.69) is 5.16 Å². The van der Waals surface area contributed by atoms with Gasteiger partial charge in [0, 0.05) is 31.2 Å². The summed E-state index contributed by atoms with van der Waals surface area (Å²) in [6, 6.07) is 1.78. The lowest BCUT2D eigenvalue weighted by Gasteiger charge is -2.10. The van der Waals surface area contributed by atoms with Crippen LogP contribution in [-0.2, 0) is 16.0 Å². The molecular formula is C11H14N2O3S. The van der Waals surface area contributed by atoms with Gasteiger partial charge in [-0.25, -0.2) is 0 Å². The molecule has 1 unspecified atom stereocenters. The Hall–Kier alpha value is -1.30. The van der Waals surface area contributed by atoms with Crippen molar-refractivity contribution < 1.29 is 14.1 Å². The van der Waals surface area contributed by atoms with Gasteiger partial charge in [-0.15, -0.1) is 0 Å². The summed E-state index contributed by atoms with van der Waals surface area (Å²) >= 11 is 1.21. The van der Waals surface area contributed by atoms with E-state index >= 15 is 0 Å². The van der Waals surface area contributed by atoms with E-state index in [1.54, 1.807) is 11.0 Å². The van der Waals surface area contributed by atoms with Crippen LogP contribution in [0.15, 0.2) is 10.6 Å². The number of nitrogens with zero attached hydrogens (tertiary/aromatic N) is 2. The largest absolute Gasteiger partial charge is 0.338 e. The van der Waals surface area contributed by atoms with Crippen molar-refractivity contribution in [3.63, 3.8) is 0 Å². The maximum absolute atomic E-state index is 11.8. The van der Waals surface area contributed by atoms with E-state index in [1.165, 1.54) is 18.7 Å². The van der Waals surface area contributed by atoms with E-state index in [-0.39, 0.29) is 16.3 Å². The van der Waals surface area contributed by atoms with E-state index in [1.807, 2.05) is 6.92 Å². The monoisotopic (exact) mass is 254 g/mol. The van der Waals surface area contributed by atoms with E-state index < -0.39 is 0 Å². The lowest BCUT2D eigenvalue weighted by atomic mass is 10.3. The quantitative estimate of drug-likeness (QED) is 0.820. The number of aromatic nitrogens is 1. The molecular weight excluding hydrogens is 240 g/mol. The van der Waals surface area contributed by atoms with Crippen LogP contribution in [-0.4, -0.2) is 28.0 Å². The summed E-state index contributed by atoms with van der Waals surface area (Å²) in [4.78, 5) is 24.3. The molecule has 2 heterocycles. The first-order chi connectivity index (χ1) is 8.10. The van der Waals surface area contributed by atoms with Crippen LogP contribution in [0.4, 0.5) is 5.88 Å². The van der Waals surface area contributed by atoms with Crippen molar-refractivity contribution in [3.05, 3.63) is 11.8 Å². The summed E-state index contributed by atoms with van der Waals surface area (Å²) in [5.41, 5.74) is 0.829. The van der Waals surface area contributed by atoms with Gasteiger partial charge in [-0.2, -0.15) is 0 Å². The Labute approximate surface area is 104 Å². The third-order valence-corrected chi connectivity index (χ3v) is 3.58. The second-order valence-electron chi connectivity index (χ2n) is 3.95. The van der Waals surface area contributed by atoms with Gasteiger partial charge in [0.15, 0.2) is 5.12 Å². The van der Waals surface area contributed by atoms with Crippen LogP contribution in [0, 0.1) is 0 Å². The van der Waals surface area contributed by atoms with Crippen molar-refractivity contribution in [2.45, 2.75) is 31.9 Å². The van der Waals surface area contributed by atoms with Crippen molar-refractivity contribution in [3.8, 4) is 0 Å². The number of rotatable bonds is 3. The van der Waals surface area contributed by atoms with Gasteiger partial charge >= 0.3 is 0 Å². The minimum Gasteiger partial charge on any atom is -0.338 e. The number of aryl methyl sites for hydroxylation is 1. The smallest absolute Gasteiger partial charge is 0.234 e. The molecule has 1 atom stereocenters. The van der Waals surface area contributed by atoms with Gasteiger partial charge in [-0.3, -0.25) is 14.5 Å². The summed E-state index contributed by atoms with van der Waals surface area (Å²) in [7, 11) is 0.